The van der Waals surface area contributed by atoms with Gasteiger partial charge in [0.2, 0.25) is 5.89 Å². The lowest BCUT2D eigenvalue weighted by Gasteiger charge is -2.22. The van der Waals surface area contributed by atoms with E-state index in [1.165, 1.54) is 28.5 Å². The molecule has 5 heteroatoms. The third-order valence-corrected chi connectivity index (χ3v) is 4.28. The quantitative estimate of drug-likeness (QED) is 0.692. The predicted molar refractivity (Wildman–Crippen MR) is 98.8 cm³/mol. The van der Waals surface area contributed by atoms with Crippen LogP contribution < -0.4 is 0 Å². The van der Waals surface area contributed by atoms with Crippen molar-refractivity contribution in [3.05, 3.63) is 88.6 Å². The molecule has 1 N–H and O–H groups in total. The number of hydrogen-bond donors (Lipinski definition) is 1. The molecular weight excluding hydrogens is 328 g/mol. The van der Waals surface area contributed by atoms with Crippen LogP contribution in [0.1, 0.15) is 38.6 Å². The molecule has 0 saturated carbocycles. The molecule has 3 rings (SSSR count). The molecule has 134 valence electrons. The van der Waals surface area contributed by atoms with Gasteiger partial charge >= 0.3 is 5.97 Å². The van der Waals surface area contributed by atoms with Crippen LogP contribution in [0.15, 0.2) is 59.2 Å². The van der Waals surface area contributed by atoms with Crippen LogP contribution in [0.2, 0.25) is 0 Å². The third kappa shape index (κ3) is 4.58. The summed E-state index contributed by atoms with van der Waals surface area (Å²) in [5.74, 6) is -0.673. The van der Waals surface area contributed by atoms with Gasteiger partial charge in [-0.05, 0) is 30.5 Å². The number of aromatic nitrogens is 1. The second-order valence-corrected chi connectivity index (χ2v) is 6.49. The Labute approximate surface area is 152 Å². The highest BCUT2D eigenvalue weighted by Crippen LogP contribution is 2.18. The van der Waals surface area contributed by atoms with Crippen LogP contribution in [-0.4, -0.2) is 21.0 Å². The molecule has 0 spiro atoms. The van der Waals surface area contributed by atoms with Crippen molar-refractivity contribution >= 4 is 5.97 Å². The SMILES string of the molecule is Cc1ccc(C)c(CN(Cc2ccccc2)Cc2nc(C(=O)O)co2)c1. The Morgan fingerprint density at radius 1 is 1.08 bits per heavy atom. The van der Waals surface area contributed by atoms with E-state index in [1.807, 2.05) is 18.2 Å². The van der Waals surface area contributed by atoms with E-state index in [1.54, 1.807) is 0 Å². The van der Waals surface area contributed by atoms with Gasteiger partial charge in [0.05, 0.1) is 6.54 Å². The van der Waals surface area contributed by atoms with Crippen LogP contribution in [-0.2, 0) is 19.6 Å². The zero-order valence-corrected chi connectivity index (χ0v) is 15.0. The Kier molecular flexibility index (Phi) is 5.49. The number of benzene rings is 2. The number of nitrogens with zero attached hydrogens (tertiary/aromatic N) is 2. The molecule has 0 fully saturated rings. The van der Waals surface area contributed by atoms with E-state index < -0.39 is 5.97 Å². The molecule has 0 saturated heterocycles. The van der Waals surface area contributed by atoms with Crippen LogP contribution in [0.25, 0.3) is 0 Å². The van der Waals surface area contributed by atoms with E-state index in [0.29, 0.717) is 12.4 Å². The van der Waals surface area contributed by atoms with E-state index in [9.17, 15) is 4.79 Å². The monoisotopic (exact) mass is 350 g/mol. The average Bonchev–Trinajstić information content (AvgIpc) is 3.08. The molecule has 1 heterocycles. The second-order valence-electron chi connectivity index (χ2n) is 6.49. The Hall–Kier alpha value is -2.92. The Morgan fingerprint density at radius 3 is 2.54 bits per heavy atom. The van der Waals surface area contributed by atoms with Crippen molar-refractivity contribution < 1.29 is 14.3 Å². The molecule has 0 aliphatic heterocycles. The summed E-state index contributed by atoms with van der Waals surface area (Å²) < 4.78 is 5.35. The van der Waals surface area contributed by atoms with E-state index in [-0.39, 0.29) is 5.69 Å². The third-order valence-electron chi connectivity index (χ3n) is 4.28. The van der Waals surface area contributed by atoms with Gasteiger partial charge < -0.3 is 9.52 Å². The average molecular weight is 350 g/mol. The van der Waals surface area contributed by atoms with E-state index in [4.69, 9.17) is 9.52 Å². The van der Waals surface area contributed by atoms with E-state index in [2.05, 4.69) is 54.1 Å². The molecule has 0 radical (unpaired) electrons. The molecule has 26 heavy (non-hydrogen) atoms. The minimum Gasteiger partial charge on any atom is -0.476 e. The van der Waals surface area contributed by atoms with Gasteiger partial charge in [0.1, 0.15) is 6.26 Å². The second kappa shape index (κ2) is 7.97. The maximum absolute atomic E-state index is 11.0. The maximum Gasteiger partial charge on any atom is 0.357 e. The molecule has 0 amide bonds. The first kappa shape index (κ1) is 17.9. The number of rotatable bonds is 7. The lowest BCUT2D eigenvalue weighted by molar-refractivity contribution is 0.0690. The van der Waals surface area contributed by atoms with Crippen LogP contribution in [0.5, 0.6) is 0 Å². The van der Waals surface area contributed by atoms with Crippen molar-refractivity contribution in [3.8, 4) is 0 Å². The number of carboxylic acid groups (broad SMARTS) is 1. The summed E-state index contributed by atoms with van der Waals surface area (Å²) in [6, 6.07) is 16.6. The minimum atomic E-state index is -1.08. The Balaban J connectivity index is 1.82. The molecule has 3 aromatic rings. The van der Waals surface area contributed by atoms with Gasteiger partial charge in [0, 0.05) is 13.1 Å². The normalized spacial score (nSPS) is 11.0. The van der Waals surface area contributed by atoms with Crippen LogP contribution in [0.4, 0.5) is 0 Å². The summed E-state index contributed by atoms with van der Waals surface area (Å²) in [5.41, 5.74) is 4.81. The predicted octanol–water partition coefficient (Wildman–Crippen LogP) is 4.19. The van der Waals surface area contributed by atoms with Gasteiger partial charge in [-0.1, -0.05) is 54.1 Å². The van der Waals surface area contributed by atoms with Crippen LogP contribution >= 0.6 is 0 Å². The summed E-state index contributed by atoms with van der Waals surface area (Å²) in [6.07, 6.45) is 1.19. The summed E-state index contributed by atoms with van der Waals surface area (Å²) in [6.45, 7) is 6.07. The highest BCUT2D eigenvalue weighted by atomic mass is 16.4. The first-order valence-electron chi connectivity index (χ1n) is 8.51. The van der Waals surface area contributed by atoms with Gasteiger partial charge in [-0.2, -0.15) is 0 Å². The van der Waals surface area contributed by atoms with Gasteiger partial charge in [-0.3, -0.25) is 4.90 Å². The molecule has 2 aromatic carbocycles. The Bertz CT molecular complexity index is 887. The summed E-state index contributed by atoms with van der Waals surface area (Å²) in [5, 5.41) is 9.03. The molecule has 0 unspecified atom stereocenters. The molecular formula is C21H22N2O3. The van der Waals surface area contributed by atoms with Crippen molar-refractivity contribution in [3.63, 3.8) is 0 Å². The molecule has 1 aromatic heterocycles. The number of hydrogen-bond acceptors (Lipinski definition) is 4. The highest BCUT2D eigenvalue weighted by molar-refractivity contribution is 5.84. The zero-order chi connectivity index (χ0) is 18.5. The zero-order valence-electron chi connectivity index (χ0n) is 15.0. The minimum absolute atomic E-state index is 0.0635. The lowest BCUT2D eigenvalue weighted by atomic mass is 10.0. The van der Waals surface area contributed by atoms with E-state index in [0.717, 1.165) is 13.1 Å². The smallest absolute Gasteiger partial charge is 0.357 e. The highest BCUT2D eigenvalue weighted by Gasteiger charge is 2.15. The number of carbonyl (C=O) groups is 1. The van der Waals surface area contributed by atoms with Crippen molar-refractivity contribution in [2.45, 2.75) is 33.5 Å². The molecule has 5 nitrogen and oxygen atoms in total. The Morgan fingerprint density at radius 2 is 1.85 bits per heavy atom. The first-order chi connectivity index (χ1) is 12.5. The molecule has 0 aliphatic carbocycles. The van der Waals surface area contributed by atoms with Crippen molar-refractivity contribution in [2.75, 3.05) is 0 Å². The summed E-state index contributed by atoms with van der Waals surface area (Å²) in [7, 11) is 0. The fourth-order valence-corrected chi connectivity index (χ4v) is 2.89. The lowest BCUT2D eigenvalue weighted by Crippen LogP contribution is -2.23. The van der Waals surface area contributed by atoms with Crippen molar-refractivity contribution in [2.24, 2.45) is 0 Å². The van der Waals surface area contributed by atoms with Gasteiger partial charge in [0.25, 0.3) is 0 Å². The topological polar surface area (TPSA) is 66.6 Å². The molecule has 0 bridgehead atoms. The number of oxazole rings is 1. The van der Waals surface area contributed by atoms with Crippen molar-refractivity contribution in [1.82, 2.24) is 9.88 Å². The molecule has 0 atom stereocenters. The molecule has 0 aliphatic rings. The van der Waals surface area contributed by atoms with E-state index >= 15 is 0 Å². The van der Waals surface area contributed by atoms with Crippen molar-refractivity contribution in [1.29, 1.82) is 0 Å². The number of aryl methyl sites for hydroxylation is 2. The summed E-state index contributed by atoms with van der Waals surface area (Å²) in [4.78, 5) is 17.3. The maximum atomic E-state index is 11.0. The van der Waals surface area contributed by atoms with Crippen LogP contribution in [0.3, 0.4) is 0 Å². The van der Waals surface area contributed by atoms with Gasteiger partial charge in [-0.25, -0.2) is 9.78 Å². The van der Waals surface area contributed by atoms with Gasteiger partial charge in [0.15, 0.2) is 5.69 Å². The largest absolute Gasteiger partial charge is 0.476 e. The first-order valence-corrected chi connectivity index (χ1v) is 8.51. The summed E-state index contributed by atoms with van der Waals surface area (Å²) >= 11 is 0. The fourth-order valence-electron chi connectivity index (χ4n) is 2.89. The number of aromatic carboxylic acids is 1. The van der Waals surface area contributed by atoms with Crippen LogP contribution in [0, 0.1) is 13.8 Å². The van der Waals surface area contributed by atoms with Gasteiger partial charge in [-0.15, -0.1) is 0 Å². The standard InChI is InChI=1S/C21H22N2O3/c1-15-8-9-16(2)18(10-15)12-23(11-17-6-4-3-5-7-17)13-20-22-19(14-26-20)21(24)25/h3-10,14H,11-13H2,1-2H3,(H,24,25). The number of carboxylic acids is 1. The fraction of sp³-hybridized carbons (Fsp3) is 0.238.